The van der Waals surface area contributed by atoms with Gasteiger partial charge in [-0.15, -0.1) is 0 Å². The first-order valence-corrected chi connectivity index (χ1v) is 8.87. The molecule has 2 unspecified atom stereocenters. The van der Waals surface area contributed by atoms with E-state index in [0.29, 0.717) is 18.3 Å². The Hall–Kier alpha value is -2.30. The van der Waals surface area contributed by atoms with Crippen LogP contribution in [-0.2, 0) is 12.8 Å². The molecule has 1 aliphatic rings. The highest BCUT2D eigenvalue weighted by Gasteiger charge is 2.19. The van der Waals surface area contributed by atoms with Crippen molar-refractivity contribution in [1.29, 1.82) is 0 Å². The molecule has 1 aliphatic carbocycles. The monoisotopic (exact) mass is 337 g/mol. The van der Waals surface area contributed by atoms with E-state index in [4.69, 9.17) is 9.15 Å². The lowest BCUT2D eigenvalue weighted by Gasteiger charge is -2.26. The quantitative estimate of drug-likeness (QED) is 0.724. The average molecular weight is 337 g/mol. The molecular formula is C21H23NO3. The number of aliphatic hydroxyl groups excluding tert-OH is 1. The van der Waals surface area contributed by atoms with E-state index < -0.39 is 6.10 Å². The number of fused-ring (bicyclic) bond motifs is 2. The van der Waals surface area contributed by atoms with Crippen LogP contribution >= 0.6 is 0 Å². The average Bonchev–Trinajstić information content (AvgIpc) is 3.14. The Labute approximate surface area is 147 Å². The number of rotatable bonds is 6. The molecule has 1 heterocycles. The van der Waals surface area contributed by atoms with Crippen LogP contribution in [-0.4, -0.2) is 30.4 Å². The van der Waals surface area contributed by atoms with Crippen LogP contribution in [0.4, 0.5) is 0 Å². The van der Waals surface area contributed by atoms with Crippen molar-refractivity contribution < 1.29 is 14.3 Å². The van der Waals surface area contributed by atoms with Crippen LogP contribution < -0.4 is 10.1 Å². The van der Waals surface area contributed by atoms with Crippen LogP contribution in [0.3, 0.4) is 0 Å². The first kappa shape index (κ1) is 16.2. The summed E-state index contributed by atoms with van der Waals surface area (Å²) in [6.07, 6.45) is 4.32. The molecule has 0 saturated heterocycles. The van der Waals surface area contributed by atoms with Gasteiger partial charge >= 0.3 is 0 Å². The fourth-order valence-corrected chi connectivity index (χ4v) is 3.50. The zero-order valence-electron chi connectivity index (χ0n) is 14.2. The summed E-state index contributed by atoms with van der Waals surface area (Å²) < 4.78 is 11.2. The summed E-state index contributed by atoms with van der Waals surface area (Å²) in [5, 5.41) is 14.7. The van der Waals surface area contributed by atoms with Gasteiger partial charge in [0, 0.05) is 18.0 Å². The predicted molar refractivity (Wildman–Crippen MR) is 98.0 cm³/mol. The van der Waals surface area contributed by atoms with Crippen molar-refractivity contribution in [2.45, 2.75) is 31.4 Å². The van der Waals surface area contributed by atoms with Crippen molar-refractivity contribution in [3.8, 4) is 5.75 Å². The summed E-state index contributed by atoms with van der Waals surface area (Å²) in [7, 11) is 0. The number of hydrogen-bond acceptors (Lipinski definition) is 4. The molecule has 2 N–H and O–H groups in total. The van der Waals surface area contributed by atoms with Gasteiger partial charge in [0.25, 0.3) is 0 Å². The number of ether oxygens (including phenoxy) is 1. The summed E-state index contributed by atoms with van der Waals surface area (Å²) in [4.78, 5) is 0. The summed E-state index contributed by atoms with van der Waals surface area (Å²) in [5.74, 6) is 0.674. The second kappa shape index (κ2) is 7.30. The number of aryl methyl sites for hydroxylation is 1. The Bertz CT molecular complexity index is 842. The minimum absolute atomic E-state index is 0.246. The van der Waals surface area contributed by atoms with E-state index in [0.717, 1.165) is 30.2 Å². The van der Waals surface area contributed by atoms with E-state index in [1.807, 2.05) is 24.3 Å². The lowest BCUT2D eigenvalue weighted by Crippen LogP contribution is -2.40. The molecule has 0 radical (unpaired) electrons. The maximum atomic E-state index is 10.2. The van der Waals surface area contributed by atoms with Crippen molar-refractivity contribution in [3.05, 3.63) is 65.9 Å². The molecule has 4 nitrogen and oxygen atoms in total. The van der Waals surface area contributed by atoms with Gasteiger partial charge in [0.1, 0.15) is 12.7 Å². The zero-order valence-corrected chi connectivity index (χ0v) is 14.2. The second-order valence-corrected chi connectivity index (χ2v) is 6.68. The van der Waals surface area contributed by atoms with E-state index in [1.165, 1.54) is 11.1 Å². The van der Waals surface area contributed by atoms with Gasteiger partial charge in [-0.1, -0.05) is 36.4 Å². The minimum Gasteiger partial charge on any atom is -0.487 e. The van der Waals surface area contributed by atoms with Gasteiger partial charge in [-0.05, 0) is 42.5 Å². The number of aliphatic hydroxyl groups is 1. The van der Waals surface area contributed by atoms with E-state index in [-0.39, 0.29) is 6.61 Å². The van der Waals surface area contributed by atoms with Crippen LogP contribution in [0.25, 0.3) is 11.0 Å². The van der Waals surface area contributed by atoms with Crippen LogP contribution in [0.2, 0.25) is 0 Å². The lowest BCUT2D eigenvalue weighted by molar-refractivity contribution is 0.103. The SMILES string of the molecule is OC(CNC1CCc2ccccc2C1)COc1cccc2ccoc12. The molecule has 0 bridgehead atoms. The topological polar surface area (TPSA) is 54.6 Å². The fraction of sp³-hybridized carbons (Fsp3) is 0.333. The molecule has 0 saturated carbocycles. The van der Waals surface area contributed by atoms with Crippen molar-refractivity contribution >= 4 is 11.0 Å². The number of hydrogen-bond donors (Lipinski definition) is 2. The van der Waals surface area contributed by atoms with E-state index in [2.05, 4.69) is 29.6 Å². The van der Waals surface area contributed by atoms with Crippen molar-refractivity contribution in [1.82, 2.24) is 5.32 Å². The molecule has 0 fully saturated rings. The van der Waals surface area contributed by atoms with Crippen molar-refractivity contribution in [3.63, 3.8) is 0 Å². The first-order chi connectivity index (χ1) is 12.3. The zero-order chi connectivity index (χ0) is 17.1. The largest absolute Gasteiger partial charge is 0.487 e. The second-order valence-electron chi connectivity index (χ2n) is 6.68. The summed E-state index contributed by atoms with van der Waals surface area (Å²) in [6.45, 7) is 0.775. The molecular weight excluding hydrogens is 314 g/mol. The normalized spacial score (nSPS) is 18.0. The van der Waals surface area contributed by atoms with Crippen LogP contribution in [0, 0.1) is 0 Å². The molecule has 4 rings (SSSR count). The summed E-state index contributed by atoms with van der Waals surface area (Å²) >= 11 is 0. The molecule has 0 amide bonds. The highest BCUT2D eigenvalue weighted by atomic mass is 16.5. The standard InChI is InChI=1S/C21H23NO3/c23-19(14-25-20-7-3-6-16-10-11-24-21(16)20)13-22-18-9-8-15-4-1-2-5-17(15)12-18/h1-7,10-11,18-19,22-23H,8-9,12-14H2. The number of nitrogens with one attached hydrogen (secondary N) is 1. The molecule has 1 aromatic heterocycles. The number of furan rings is 1. The molecule has 3 aromatic rings. The molecule has 25 heavy (non-hydrogen) atoms. The van der Waals surface area contributed by atoms with Crippen LogP contribution in [0.1, 0.15) is 17.5 Å². The van der Waals surface area contributed by atoms with Crippen molar-refractivity contribution in [2.24, 2.45) is 0 Å². The van der Waals surface area contributed by atoms with Gasteiger partial charge in [0.15, 0.2) is 11.3 Å². The Morgan fingerprint density at radius 2 is 2.00 bits per heavy atom. The Balaban J connectivity index is 1.27. The van der Waals surface area contributed by atoms with E-state index in [9.17, 15) is 5.11 Å². The van der Waals surface area contributed by atoms with Gasteiger partial charge in [-0.3, -0.25) is 0 Å². The van der Waals surface area contributed by atoms with Gasteiger partial charge in [-0.2, -0.15) is 0 Å². The number of benzene rings is 2. The summed E-state index contributed by atoms with van der Waals surface area (Å²) in [5.41, 5.74) is 3.60. The van der Waals surface area contributed by atoms with Crippen LogP contribution in [0.15, 0.2) is 59.2 Å². The molecule has 0 aliphatic heterocycles. The van der Waals surface area contributed by atoms with E-state index in [1.54, 1.807) is 6.26 Å². The maximum absolute atomic E-state index is 10.2. The van der Waals surface area contributed by atoms with Gasteiger partial charge in [0.2, 0.25) is 0 Å². The van der Waals surface area contributed by atoms with Gasteiger partial charge < -0.3 is 19.6 Å². The Morgan fingerprint density at radius 1 is 1.12 bits per heavy atom. The third-order valence-electron chi connectivity index (χ3n) is 4.86. The third-order valence-corrected chi connectivity index (χ3v) is 4.86. The number of para-hydroxylation sites is 1. The van der Waals surface area contributed by atoms with Crippen LogP contribution in [0.5, 0.6) is 5.75 Å². The highest BCUT2D eigenvalue weighted by Crippen LogP contribution is 2.26. The predicted octanol–water partition coefficient (Wildman–Crippen LogP) is 3.32. The van der Waals surface area contributed by atoms with Gasteiger partial charge in [-0.25, -0.2) is 0 Å². The first-order valence-electron chi connectivity index (χ1n) is 8.87. The van der Waals surface area contributed by atoms with Crippen molar-refractivity contribution in [2.75, 3.05) is 13.2 Å². The molecule has 2 atom stereocenters. The third kappa shape index (κ3) is 3.70. The Morgan fingerprint density at radius 3 is 2.92 bits per heavy atom. The fourth-order valence-electron chi connectivity index (χ4n) is 3.50. The minimum atomic E-state index is -0.553. The molecule has 2 aromatic carbocycles. The smallest absolute Gasteiger partial charge is 0.175 e. The van der Waals surface area contributed by atoms with E-state index >= 15 is 0 Å². The Kier molecular flexibility index (Phi) is 4.72. The molecule has 130 valence electrons. The maximum Gasteiger partial charge on any atom is 0.175 e. The van der Waals surface area contributed by atoms with Gasteiger partial charge in [0.05, 0.1) is 6.26 Å². The summed E-state index contributed by atoms with van der Waals surface area (Å²) in [6, 6.07) is 16.7. The molecule has 0 spiro atoms. The molecule has 4 heteroatoms. The highest BCUT2D eigenvalue weighted by molar-refractivity contribution is 5.82. The lowest BCUT2D eigenvalue weighted by atomic mass is 9.88.